The molecule has 0 aliphatic carbocycles. The number of hydrogen-bond acceptors (Lipinski definition) is 7. The number of hydrogen-bond donors (Lipinski definition) is 0. The molecule has 7 nitrogen and oxygen atoms in total. The predicted molar refractivity (Wildman–Crippen MR) is 74.6 cm³/mol. The molecule has 3 heterocycles. The lowest BCUT2D eigenvalue weighted by Crippen LogP contribution is -2.36. The van der Waals surface area contributed by atoms with Crippen LogP contribution in [0.3, 0.4) is 0 Å². The fraction of sp³-hybridized carbons (Fsp3) is 0.500. The van der Waals surface area contributed by atoms with Crippen molar-refractivity contribution in [3.63, 3.8) is 0 Å². The smallest absolute Gasteiger partial charge is 0.226 e. The molecule has 0 bridgehead atoms. The lowest BCUT2D eigenvalue weighted by atomic mass is 9.97. The van der Waals surface area contributed by atoms with Crippen LogP contribution in [0.15, 0.2) is 16.9 Å². The van der Waals surface area contributed by atoms with Gasteiger partial charge in [-0.25, -0.2) is 9.97 Å². The standard InChI is InChI=1S/C14H16N6O/c1-2-12-18-13(19-21-12)10-4-3-7-20(9-10)14-11(8-15)16-5-6-17-14/h5-6,10H,2-4,7,9H2,1H3/t10-/m1/s1. The highest BCUT2D eigenvalue weighted by Gasteiger charge is 2.27. The van der Waals surface area contributed by atoms with Crippen molar-refractivity contribution in [2.24, 2.45) is 0 Å². The third-order valence-electron chi connectivity index (χ3n) is 3.66. The highest BCUT2D eigenvalue weighted by atomic mass is 16.5. The average molecular weight is 284 g/mol. The molecule has 0 amide bonds. The van der Waals surface area contributed by atoms with Crippen LogP contribution in [0.4, 0.5) is 5.82 Å². The minimum Gasteiger partial charge on any atom is -0.353 e. The van der Waals surface area contributed by atoms with E-state index in [4.69, 9.17) is 9.78 Å². The number of aryl methyl sites for hydroxylation is 1. The second-order valence-corrected chi connectivity index (χ2v) is 5.03. The Labute approximate surface area is 122 Å². The van der Waals surface area contributed by atoms with Crippen LogP contribution in [0.1, 0.15) is 43.1 Å². The molecule has 3 rings (SSSR count). The van der Waals surface area contributed by atoms with Crippen molar-refractivity contribution in [1.29, 1.82) is 5.26 Å². The van der Waals surface area contributed by atoms with Crippen molar-refractivity contribution in [3.8, 4) is 6.07 Å². The number of piperidine rings is 1. The first-order valence-electron chi connectivity index (χ1n) is 7.10. The van der Waals surface area contributed by atoms with E-state index in [0.717, 1.165) is 38.2 Å². The first-order valence-corrected chi connectivity index (χ1v) is 7.10. The minimum atomic E-state index is 0.205. The first kappa shape index (κ1) is 13.5. The SMILES string of the molecule is CCc1nc([C@@H]2CCCN(c3nccnc3C#N)C2)no1. The molecule has 1 aliphatic heterocycles. The van der Waals surface area contributed by atoms with E-state index in [0.29, 0.717) is 17.4 Å². The normalized spacial score (nSPS) is 18.5. The lowest BCUT2D eigenvalue weighted by molar-refractivity contribution is 0.368. The molecule has 0 aromatic carbocycles. The van der Waals surface area contributed by atoms with Crippen molar-refractivity contribution in [3.05, 3.63) is 29.8 Å². The second-order valence-electron chi connectivity index (χ2n) is 5.03. The monoisotopic (exact) mass is 284 g/mol. The van der Waals surface area contributed by atoms with Gasteiger partial charge in [0.1, 0.15) is 6.07 Å². The van der Waals surface area contributed by atoms with Gasteiger partial charge in [0.25, 0.3) is 0 Å². The zero-order valence-corrected chi connectivity index (χ0v) is 11.9. The van der Waals surface area contributed by atoms with Gasteiger partial charge in [-0.1, -0.05) is 12.1 Å². The van der Waals surface area contributed by atoms with Crippen LogP contribution < -0.4 is 4.90 Å². The predicted octanol–water partition coefficient (Wildman–Crippen LogP) is 1.68. The van der Waals surface area contributed by atoms with E-state index >= 15 is 0 Å². The van der Waals surface area contributed by atoms with Crippen LogP contribution in [0.5, 0.6) is 0 Å². The van der Waals surface area contributed by atoms with Gasteiger partial charge in [0.2, 0.25) is 5.89 Å². The Balaban J connectivity index is 1.81. The van der Waals surface area contributed by atoms with Gasteiger partial charge in [0, 0.05) is 37.8 Å². The Hall–Kier alpha value is -2.49. The number of aromatic nitrogens is 4. The highest BCUT2D eigenvalue weighted by Crippen LogP contribution is 2.28. The topological polar surface area (TPSA) is 91.7 Å². The molecule has 108 valence electrons. The molecule has 1 saturated heterocycles. The molecule has 7 heteroatoms. The maximum absolute atomic E-state index is 9.15. The van der Waals surface area contributed by atoms with Crippen LogP contribution in [-0.2, 0) is 6.42 Å². The molecular weight excluding hydrogens is 268 g/mol. The first-order chi connectivity index (χ1) is 10.3. The number of nitrogens with zero attached hydrogens (tertiary/aromatic N) is 6. The molecule has 0 N–H and O–H groups in total. The number of anilines is 1. The zero-order chi connectivity index (χ0) is 14.7. The molecular formula is C14H16N6O. The van der Waals surface area contributed by atoms with Crippen molar-refractivity contribution in [2.75, 3.05) is 18.0 Å². The fourth-order valence-electron chi connectivity index (χ4n) is 2.60. The Kier molecular flexibility index (Phi) is 3.77. The van der Waals surface area contributed by atoms with Gasteiger partial charge in [0.15, 0.2) is 17.3 Å². The average Bonchev–Trinajstić information content (AvgIpc) is 3.04. The summed E-state index contributed by atoms with van der Waals surface area (Å²) in [6.07, 6.45) is 5.91. The van der Waals surface area contributed by atoms with Gasteiger partial charge in [-0.2, -0.15) is 10.2 Å². The fourth-order valence-corrected chi connectivity index (χ4v) is 2.60. The third-order valence-corrected chi connectivity index (χ3v) is 3.66. The van der Waals surface area contributed by atoms with Crippen molar-refractivity contribution in [2.45, 2.75) is 32.1 Å². The third kappa shape index (κ3) is 2.70. The Morgan fingerprint density at radius 3 is 3.05 bits per heavy atom. The van der Waals surface area contributed by atoms with Crippen LogP contribution in [0.2, 0.25) is 0 Å². The van der Waals surface area contributed by atoms with Gasteiger partial charge in [-0.05, 0) is 12.8 Å². The molecule has 1 aliphatic rings. The molecule has 0 spiro atoms. The molecule has 0 unspecified atom stereocenters. The molecule has 2 aromatic heterocycles. The summed E-state index contributed by atoms with van der Waals surface area (Å²) in [6.45, 7) is 3.58. The van der Waals surface area contributed by atoms with Gasteiger partial charge in [-0.15, -0.1) is 0 Å². The Morgan fingerprint density at radius 1 is 1.43 bits per heavy atom. The summed E-state index contributed by atoms with van der Waals surface area (Å²) in [5, 5.41) is 13.2. The summed E-state index contributed by atoms with van der Waals surface area (Å²) in [5.41, 5.74) is 0.362. The Morgan fingerprint density at radius 2 is 2.29 bits per heavy atom. The molecule has 0 saturated carbocycles. The van der Waals surface area contributed by atoms with E-state index in [1.54, 1.807) is 6.20 Å². The second kappa shape index (κ2) is 5.87. The van der Waals surface area contributed by atoms with Crippen molar-refractivity contribution < 1.29 is 4.52 Å². The molecule has 1 fully saturated rings. The van der Waals surface area contributed by atoms with E-state index in [2.05, 4.69) is 31.1 Å². The molecule has 0 radical (unpaired) electrons. The summed E-state index contributed by atoms with van der Waals surface area (Å²) in [6, 6.07) is 2.10. The maximum Gasteiger partial charge on any atom is 0.226 e. The van der Waals surface area contributed by atoms with E-state index in [1.165, 1.54) is 6.20 Å². The summed E-state index contributed by atoms with van der Waals surface area (Å²) < 4.78 is 5.19. The van der Waals surface area contributed by atoms with Crippen LogP contribution >= 0.6 is 0 Å². The zero-order valence-electron chi connectivity index (χ0n) is 11.9. The summed E-state index contributed by atoms with van der Waals surface area (Å²) in [4.78, 5) is 14.9. The number of rotatable bonds is 3. The lowest BCUT2D eigenvalue weighted by Gasteiger charge is -2.32. The quantitative estimate of drug-likeness (QED) is 0.846. The number of nitriles is 1. The highest BCUT2D eigenvalue weighted by molar-refractivity contribution is 5.50. The van der Waals surface area contributed by atoms with Crippen molar-refractivity contribution >= 4 is 5.82 Å². The molecule has 2 aromatic rings. The molecule has 21 heavy (non-hydrogen) atoms. The van der Waals surface area contributed by atoms with Gasteiger partial charge in [0.05, 0.1) is 0 Å². The van der Waals surface area contributed by atoms with E-state index in [1.807, 2.05) is 6.92 Å². The summed E-state index contributed by atoms with van der Waals surface area (Å²) in [5.74, 6) is 2.26. The largest absolute Gasteiger partial charge is 0.353 e. The summed E-state index contributed by atoms with van der Waals surface area (Å²) in [7, 11) is 0. The van der Waals surface area contributed by atoms with Crippen LogP contribution in [0, 0.1) is 11.3 Å². The van der Waals surface area contributed by atoms with Crippen LogP contribution in [-0.4, -0.2) is 33.2 Å². The van der Waals surface area contributed by atoms with E-state index < -0.39 is 0 Å². The summed E-state index contributed by atoms with van der Waals surface area (Å²) >= 11 is 0. The van der Waals surface area contributed by atoms with Gasteiger partial charge in [-0.3, -0.25) is 0 Å². The van der Waals surface area contributed by atoms with Crippen molar-refractivity contribution in [1.82, 2.24) is 20.1 Å². The Bertz CT molecular complexity index is 661. The maximum atomic E-state index is 9.15. The minimum absolute atomic E-state index is 0.205. The van der Waals surface area contributed by atoms with E-state index in [-0.39, 0.29) is 5.92 Å². The molecule has 1 atom stereocenters. The van der Waals surface area contributed by atoms with Gasteiger partial charge < -0.3 is 9.42 Å². The van der Waals surface area contributed by atoms with Gasteiger partial charge >= 0.3 is 0 Å². The van der Waals surface area contributed by atoms with E-state index in [9.17, 15) is 0 Å². The van der Waals surface area contributed by atoms with Crippen LogP contribution in [0.25, 0.3) is 0 Å².